The summed E-state index contributed by atoms with van der Waals surface area (Å²) in [5.74, 6) is 3.35. The van der Waals surface area contributed by atoms with Crippen LogP contribution in [0.15, 0.2) is 17.5 Å². The molecule has 2 fully saturated rings. The highest BCUT2D eigenvalue weighted by molar-refractivity contribution is 7.10. The van der Waals surface area contributed by atoms with Gasteiger partial charge in [-0.3, -0.25) is 0 Å². The van der Waals surface area contributed by atoms with Gasteiger partial charge in [-0.25, -0.2) is 0 Å². The lowest BCUT2D eigenvalue weighted by Crippen LogP contribution is -2.25. The standard InChI is InChI=1S/C11H23NO.C8H17N.C7H10S/c1-10(2)8-11-4-5-12(9-11)6-7-13-3;1-8(2)7-9-5-3-4-6-9;1-6(2)7-4-3-5-8-7/h10-11H,4-9H2,1-3H3;8H,3-7H2,1-2H3;3-6H,1-2H3. The summed E-state index contributed by atoms with van der Waals surface area (Å²) >= 11 is 1.83. The van der Waals surface area contributed by atoms with Crippen LogP contribution in [0, 0.1) is 17.8 Å². The molecule has 1 aromatic heterocycles. The highest BCUT2D eigenvalue weighted by Gasteiger charge is 2.22. The van der Waals surface area contributed by atoms with Gasteiger partial charge in [-0.05, 0) is 80.4 Å². The van der Waals surface area contributed by atoms with Gasteiger partial charge in [0.05, 0.1) is 6.61 Å². The van der Waals surface area contributed by atoms with Crippen molar-refractivity contribution in [2.45, 2.75) is 73.1 Å². The second-order valence-corrected chi connectivity index (χ2v) is 11.1. The SMILES string of the molecule is CC(C)CN1CCCC1.CC(C)c1cccs1.COCCN1CCC(CC(C)C)C1. The zero-order chi connectivity index (χ0) is 22.4. The van der Waals surface area contributed by atoms with Crippen LogP contribution in [0.5, 0.6) is 0 Å². The molecular formula is C26H50N2OS. The van der Waals surface area contributed by atoms with E-state index in [4.69, 9.17) is 4.74 Å². The monoisotopic (exact) mass is 438 g/mol. The van der Waals surface area contributed by atoms with E-state index in [0.29, 0.717) is 5.92 Å². The fourth-order valence-electron chi connectivity index (χ4n) is 4.30. The zero-order valence-corrected chi connectivity index (χ0v) is 21.8. The molecule has 3 nitrogen and oxygen atoms in total. The maximum atomic E-state index is 5.08. The predicted octanol–water partition coefficient (Wildman–Crippen LogP) is 6.61. The summed E-state index contributed by atoms with van der Waals surface area (Å²) in [5.41, 5.74) is 0. The molecule has 0 radical (unpaired) electrons. The Morgan fingerprint density at radius 2 is 1.70 bits per heavy atom. The van der Waals surface area contributed by atoms with Crippen LogP contribution in [0.2, 0.25) is 0 Å². The number of methoxy groups -OCH3 is 1. The number of nitrogens with zero attached hydrogens (tertiary/aromatic N) is 2. The van der Waals surface area contributed by atoms with Crippen LogP contribution in [0.4, 0.5) is 0 Å². The van der Waals surface area contributed by atoms with Crippen LogP contribution in [-0.4, -0.2) is 62.8 Å². The molecule has 0 saturated carbocycles. The Kier molecular flexibility index (Phi) is 15.0. The molecule has 3 rings (SSSR count). The summed E-state index contributed by atoms with van der Waals surface area (Å²) in [4.78, 5) is 6.56. The van der Waals surface area contributed by atoms with E-state index in [1.54, 1.807) is 7.11 Å². The van der Waals surface area contributed by atoms with Crippen molar-refractivity contribution in [2.75, 3.05) is 53.0 Å². The van der Waals surface area contributed by atoms with Crippen molar-refractivity contribution in [3.8, 4) is 0 Å². The lowest BCUT2D eigenvalue weighted by molar-refractivity contribution is 0.158. The molecule has 1 unspecified atom stereocenters. The van der Waals surface area contributed by atoms with E-state index in [0.717, 1.165) is 30.9 Å². The van der Waals surface area contributed by atoms with Gasteiger partial charge in [0.25, 0.3) is 0 Å². The first-order chi connectivity index (χ1) is 14.3. The normalized spacial score (nSPS) is 19.9. The minimum absolute atomic E-state index is 0.704. The molecule has 0 amide bonds. The maximum Gasteiger partial charge on any atom is 0.0589 e. The maximum absolute atomic E-state index is 5.08. The first-order valence-electron chi connectivity index (χ1n) is 12.3. The van der Waals surface area contributed by atoms with E-state index in [9.17, 15) is 0 Å². The van der Waals surface area contributed by atoms with E-state index < -0.39 is 0 Å². The van der Waals surface area contributed by atoms with E-state index in [1.165, 1.54) is 63.3 Å². The molecule has 2 aliphatic heterocycles. The molecule has 0 bridgehead atoms. The van der Waals surface area contributed by atoms with Gasteiger partial charge in [-0.2, -0.15) is 0 Å². The number of thiophene rings is 1. The highest BCUT2D eigenvalue weighted by atomic mass is 32.1. The molecule has 0 spiro atoms. The minimum atomic E-state index is 0.704. The average molecular weight is 439 g/mol. The van der Waals surface area contributed by atoms with Gasteiger partial charge in [0, 0.05) is 31.6 Å². The van der Waals surface area contributed by atoms with Crippen molar-refractivity contribution >= 4 is 11.3 Å². The number of likely N-dealkylation sites (tertiary alicyclic amines) is 2. The molecule has 0 N–H and O–H groups in total. The van der Waals surface area contributed by atoms with Crippen LogP contribution >= 0.6 is 11.3 Å². The first-order valence-corrected chi connectivity index (χ1v) is 13.2. The average Bonchev–Trinajstić information content (AvgIpc) is 3.43. The summed E-state index contributed by atoms with van der Waals surface area (Å²) in [7, 11) is 1.78. The largest absolute Gasteiger partial charge is 0.383 e. The molecule has 3 heterocycles. The Bertz CT molecular complexity index is 495. The fourth-order valence-corrected chi connectivity index (χ4v) is 5.04. The van der Waals surface area contributed by atoms with Crippen LogP contribution < -0.4 is 0 Å². The molecule has 0 aliphatic carbocycles. The molecule has 4 heteroatoms. The Balaban J connectivity index is 0.000000234. The van der Waals surface area contributed by atoms with Crippen molar-refractivity contribution in [1.82, 2.24) is 9.80 Å². The van der Waals surface area contributed by atoms with Gasteiger partial charge < -0.3 is 14.5 Å². The van der Waals surface area contributed by atoms with Crippen LogP contribution in [0.1, 0.15) is 78.0 Å². The molecule has 176 valence electrons. The summed E-state index contributed by atoms with van der Waals surface area (Å²) in [6.07, 6.45) is 5.63. The summed E-state index contributed by atoms with van der Waals surface area (Å²) in [6, 6.07) is 4.27. The molecule has 2 aliphatic rings. The van der Waals surface area contributed by atoms with Crippen molar-refractivity contribution in [3.63, 3.8) is 0 Å². The molecule has 0 aromatic carbocycles. The van der Waals surface area contributed by atoms with Crippen molar-refractivity contribution in [2.24, 2.45) is 17.8 Å². The fraction of sp³-hybridized carbons (Fsp3) is 0.846. The van der Waals surface area contributed by atoms with Crippen molar-refractivity contribution in [3.05, 3.63) is 22.4 Å². The quantitative estimate of drug-likeness (QED) is 0.454. The molecule has 2 saturated heterocycles. The van der Waals surface area contributed by atoms with Crippen LogP contribution in [0.25, 0.3) is 0 Å². The molecule has 30 heavy (non-hydrogen) atoms. The lowest BCUT2D eigenvalue weighted by Gasteiger charge is -2.16. The molecular weight excluding hydrogens is 388 g/mol. The number of hydrogen-bond acceptors (Lipinski definition) is 4. The van der Waals surface area contributed by atoms with Crippen molar-refractivity contribution < 1.29 is 4.74 Å². The Hall–Kier alpha value is -0.420. The van der Waals surface area contributed by atoms with E-state index in [-0.39, 0.29) is 0 Å². The third-order valence-corrected chi connectivity index (χ3v) is 6.89. The summed E-state index contributed by atoms with van der Waals surface area (Å²) in [5, 5.41) is 2.12. The summed E-state index contributed by atoms with van der Waals surface area (Å²) < 4.78 is 5.08. The van der Waals surface area contributed by atoms with E-state index in [2.05, 4.69) is 68.9 Å². The van der Waals surface area contributed by atoms with Gasteiger partial charge in [0.2, 0.25) is 0 Å². The Morgan fingerprint density at radius 3 is 2.17 bits per heavy atom. The minimum Gasteiger partial charge on any atom is -0.383 e. The molecule has 1 atom stereocenters. The number of hydrogen-bond donors (Lipinski definition) is 0. The van der Waals surface area contributed by atoms with Crippen molar-refractivity contribution in [1.29, 1.82) is 0 Å². The highest BCUT2D eigenvalue weighted by Crippen LogP contribution is 2.22. The van der Waals surface area contributed by atoms with Gasteiger partial charge >= 0.3 is 0 Å². The lowest BCUT2D eigenvalue weighted by atomic mass is 9.97. The molecule has 1 aromatic rings. The van der Waals surface area contributed by atoms with E-state index in [1.807, 2.05) is 11.3 Å². The first kappa shape index (κ1) is 27.6. The zero-order valence-electron chi connectivity index (χ0n) is 21.0. The predicted molar refractivity (Wildman–Crippen MR) is 135 cm³/mol. The van der Waals surface area contributed by atoms with Gasteiger partial charge in [0.15, 0.2) is 0 Å². The second kappa shape index (κ2) is 16.2. The van der Waals surface area contributed by atoms with Crippen LogP contribution in [-0.2, 0) is 4.74 Å². The number of ether oxygens (including phenoxy) is 1. The van der Waals surface area contributed by atoms with Gasteiger partial charge in [0.1, 0.15) is 0 Å². The number of rotatable bonds is 8. The second-order valence-electron chi connectivity index (χ2n) is 10.1. The van der Waals surface area contributed by atoms with E-state index >= 15 is 0 Å². The Labute approximate surface area is 192 Å². The van der Waals surface area contributed by atoms with Gasteiger partial charge in [-0.1, -0.05) is 47.6 Å². The summed E-state index contributed by atoms with van der Waals surface area (Å²) in [6.45, 7) is 22.2. The Morgan fingerprint density at radius 1 is 1.00 bits per heavy atom. The topological polar surface area (TPSA) is 15.7 Å². The smallest absolute Gasteiger partial charge is 0.0589 e. The van der Waals surface area contributed by atoms with Crippen LogP contribution in [0.3, 0.4) is 0 Å². The third kappa shape index (κ3) is 13.1. The van der Waals surface area contributed by atoms with Gasteiger partial charge in [-0.15, -0.1) is 11.3 Å². The third-order valence-electron chi connectivity index (χ3n) is 5.72.